The van der Waals surface area contributed by atoms with Crippen LogP contribution in [0.4, 0.5) is 5.69 Å². The van der Waals surface area contributed by atoms with Gasteiger partial charge in [-0.15, -0.1) is 0 Å². The number of carbonyl (C=O) groups excluding carboxylic acids is 1. The number of rotatable bonds is 11. The van der Waals surface area contributed by atoms with E-state index in [9.17, 15) is 13.2 Å². The van der Waals surface area contributed by atoms with E-state index in [-0.39, 0.29) is 24.9 Å². The molecule has 0 unspecified atom stereocenters. The Morgan fingerprint density at radius 3 is 2.52 bits per heavy atom. The lowest BCUT2D eigenvalue weighted by atomic mass is 9.89. The van der Waals surface area contributed by atoms with E-state index in [0.717, 1.165) is 24.8 Å². The summed E-state index contributed by atoms with van der Waals surface area (Å²) in [5.74, 6) is 0.458. The Morgan fingerprint density at radius 1 is 1.09 bits per heavy atom. The van der Waals surface area contributed by atoms with E-state index in [4.69, 9.17) is 4.74 Å². The zero-order valence-electron chi connectivity index (χ0n) is 20.0. The summed E-state index contributed by atoms with van der Waals surface area (Å²) >= 11 is 0. The molecule has 0 aromatic heterocycles. The van der Waals surface area contributed by atoms with Crippen LogP contribution in [0.5, 0.6) is 5.75 Å². The first kappa shape index (κ1) is 25.1. The minimum absolute atomic E-state index is 0.0329. The second-order valence-corrected chi connectivity index (χ2v) is 10.5. The van der Waals surface area contributed by atoms with Crippen molar-refractivity contribution in [1.29, 1.82) is 0 Å². The quantitative estimate of drug-likeness (QED) is 0.511. The number of anilines is 1. The summed E-state index contributed by atoms with van der Waals surface area (Å²) in [6.45, 7) is 4.59. The molecule has 33 heavy (non-hydrogen) atoms. The normalized spacial score (nSPS) is 14.3. The first-order valence-electron chi connectivity index (χ1n) is 11.9. The van der Waals surface area contributed by atoms with Gasteiger partial charge in [-0.05, 0) is 74.3 Å². The number of carbonyl (C=O) groups is 1. The van der Waals surface area contributed by atoms with E-state index in [2.05, 4.69) is 30.4 Å². The van der Waals surface area contributed by atoms with Gasteiger partial charge in [-0.2, -0.15) is 0 Å². The summed E-state index contributed by atoms with van der Waals surface area (Å²) in [5, 5.41) is 3.14. The van der Waals surface area contributed by atoms with E-state index >= 15 is 0 Å². The van der Waals surface area contributed by atoms with Crippen molar-refractivity contribution in [2.24, 2.45) is 0 Å². The van der Waals surface area contributed by atoms with Crippen molar-refractivity contribution in [3.8, 4) is 5.75 Å². The Balaban J connectivity index is 1.62. The smallest absolute Gasteiger partial charge is 0.232 e. The van der Waals surface area contributed by atoms with E-state index in [0.29, 0.717) is 24.5 Å². The third kappa shape index (κ3) is 6.73. The number of fused-ring (bicyclic) bond motifs is 1. The molecule has 6 nitrogen and oxygen atoms in total. The number of nitrogens with zero attached hydrogens (tertiary/aromatic N) is 1. The highest BCUT2D eigenvalue weighted by atomic mass is 32.2. The molecule has 2 aromatic carbocycles. The van der Waals surface area contributed by atoms with Crippen LogP contribution in [-0.2, 0) is 27.7 Å². The second-order valence-electron chi connectivity index (χ2n) is 8.60. The number of amides is 1. The maximum atomic E-state index is 12.7. The van der Waals surface area contributed by atoms with Crippen molar-refractivity contribution in [2.75, 3.05) is 23.7 Å². The van der Waals surface area contributed by atoms with Crippen LogP contribution in [0.15, 0.2) is 42.5 Å². The van der Waals surface area contributed by atoms with Crippen molar-refractivity contribution in [3.63, 3.8) is 0 Å². The van der Waals surface area contributed by atoms with Crippen LogP contribution in [-0.4, -0.2) is 33.7 Å². The Morgan fingerprint density at radius 2 is 1.82 bits per heavy atom. The molecule has 180 valence electrons. The first-order valence-corrected chi connectivity index (χ1v) is 13.8. The van der Waals surface area contributed by atoms with Crippen molar-refractivity contribution < 1.29 is 17.9 Å². The topological polar surface area (TPSA) is 75.7 Å². The SMILES string of the molecule is CCOc1ccccc1N(CCCC(=O)N[C@@H](CC)c1ccc2c(c1)CCCC2)S(C)(=O)=O. The Bertz CT molecular complexity index is 1050. The molecule has 1 aliphatic rings. The number of aryl methyl sites for hydroxylation is 2. The summed E-state index contributed by atoms with van der Waals surface area (Å²) in [6.07, 6.45) is 7.38. The van der Waals surface area contributed by atoms with Gasteiger partial charge >= 0.3 is 0 Å². The molecule has 7 heteroatoms. The van der Waals surface area contributed by atoms with E-state index in [1.807, 2.05) is 13.0 Å². The first-order chi connectivity index (χ1) is 15.8. The number of hydrogen-bond acceptors (Lipinski definition) is 4. The highest BCUT2D eigenvalue weighted by Gasteiger charge is 2.22. The van der Waals surface area contributed by atoms with Gasteiger partial charge in [0.2, 0.25) is 15.9 Å². The highest BCUT2D eigenvalue weighted by molar-refractivity contribution is 7.92. The fraction of sp³-hybridized carbons (Fsp3) is 0.500. The molecule has 0 heterocycles. The molecule has 0 saturated heterocycles. The minimum atomic E-state index is -3.51. The van der Waals surface area contributed by atoms with Gasteiger partial charge < -0.3 is 10.1 Å². The molecular formula is C26H36N2O4S. The van der Waals surface area contributed by atoms with Crippen LogP contribution in [0, 0.1) is 0 Å². The standard InChI is InChI=1S/C26H36N2O4S/c1-4-23(22-17-16-20-11-6-7-12-21(20)19-22)27-26(29)15-10-18-28(33(3,30)31)24-13-8-9-14-25(24)32-5-2/h8-9,13-14,16-17,19,23H,4-7,10-12,15,18H2,1-3H3,(H,27,29)/t23-/m0/s1. The van der Waals surface area contributed by atoms with E-state index < -0.39 is 10.0 Å². The summed E-state index contributed by atoms with van der Waals surface area (Å²) in [6, 6.07) is 13.6. The molecule has 2 aromatic rings. The summed E-state index contributed by atoms with van der Waals surface area (Å²) in [5.41, 5.74) is 4.49. The zero-order valence-corrected chi connectivity index (χ0v) is 20.8. The number of hydrogen-bond donors (Lipinski definition) is 1. The largest absolute Gasteiger partial charge is 0.492 e. The van der Waals surface area contributed by atoms with Crippen LogP contribution < -0.4 is 14.4 Å². The third-order valence-corrected chi connectivity index (χ3v) is 7.30. The van der Waals surface area contributed by atoms with Crippen LogP contribution in [0.2, 0.25) is 0 Å². The number of benzene rings is 2. The van der Waals surface area contributed by atoms with Gasteiger partial charge in [0.1, 0.15) is 5.75 Å². The minimum Gasteiger partial charge on any atom is -0.492 e. The van der Waals surface area contributed by atoms with Crippen LogP contribution in [0.1, 0.15) is 68.7 Å². The monoisotopic (exact) mass is 472 g/mol. The van der Waals surface area contributed by atoms with E-state index in [1.165, 1.54) is 34.5 Å². The lowest BCUT2D eigenvalue weighted by Crippen LogP contribution is -2.33. The lowest BCUT2D eigenvalue weighted by molar-refractivity contribution is -0.121. The molecule has 0 radical (unpaired) electrons. The molecule has 0 bridgehead atoms. The lowest BCUT2D eigenvalue weighted by Gasteiger charge is -2.25. The molecule has 1 N–H and O–H groups in total. The molecule has 0 aliphatic heterocycles. The van der Waals surface area contributed by atoms with Gasteiger partial charge in [-0.3, -0.25) is 9.10 Å². The third-order valence-electron chi connectivity index (χ3n) is 6.12. The maximum absolute atomic E-state index is 12.7. The van der Waals surface area contributed by atoms with Crippen molar-refractivity contribution in [3.05, 3.63) is 59.2 Å². The number of ether oxygens (including phenoxy) is 1. The van der Waals surface area contributed by atoms with Gasteiger partial charge in [0, 0.05) is 13.0 Å². The summed E-state index contributed by atoms with van der Waals surface area (Å²) < 4.78 is 31.9. The molecule has 1 atom stereocenters. The molecule has 0 spiro atoms. The molecule has 3 rings (SSSR count). The number of para-hydroxylation sites is 2. The second kappa shape index (κ2) is 11.5. The Kier molecular flexibility index (Phi) is 8.78. The fourth-order valence-electron chi connectivity index (χ4n) is 4.45. The Labute approximate surface area is 198 Å². The van der Waals surface area contributed by atoms with Crippen LogP contribution in [0.25, 0.3) is 0 Å². The van der Waals surface area contributed by atoms with Crippen LogP contribution >= 0.6 is 0 Å². The maximum Gasteiger partial charge on any atom is 0.232 e. The summed E-state index contributed by atoms with van der Waals surface area (Å²) in [4.78, 5) is 12.7. The number of sulfonamides is 1. The van der Waals surface area contributed by atoms with Gasteiger partial charge in [-0.1, -0.05) is 37.3 Å². The van der Waals surface area contributed by atoms with Crippen molar-refractivity contribution in [2.45, 2.75) is 64.8 Å². The molecular weight excluding hydrogens is 436 g/mol. The fourth-order valence-corrected chi connectivity index (χ4v) is 5.42. The molecule has 0 saturated carbocycles. The molecule has 1 amide bonds. The number of nitrogens with one attached hydrogen (secondary N) is 1. The van der Waals surface area contributed by atoms with Crippen LogP contribution in [0.3, 0.4) is 0 Å². The van der Waals surface area contributed by atoms with Crippen molar-refractivity contribution in [1.82, 2.24) is 5.32 Å². The highest BCUT2D eigenvalue weighted by Crippen LogP contribution is 2.30. The Hall–Kier alpha value is -2.54. The van der Waals surface area contributed by atoms with Crippen molar-refractivity contribution >= 4 is 21.6 Å². The van der Waals surface area contributed by atoms with Gasteiger partial charge in [0.05, 0.1) is 24.6 Å². The van der Waals surface area contributed by atoms with Gasteiger partial charge in [-0.25, -0.2) is 8.42 Å². The molecule has 0 fully saturated rings. The predicted molar refractivity (Wildman–Crippen MR) is 133 cm³/mol. The molecule has 1 aliphatic carbocycles. The van der Waals surface area contributed by atoms with Gasteiger partial charge in [0.15, 0.2) is 0 Å². The van der Waals surface area contributed by atoms with E-state index in [1.54, 1.807) is 18.2 Å². The zero-order chi connectivity index (χ0) is 23.8. The average molecular weight is 473 g/mol. The summed E-state index contributed by atoms with van der Waals surface area (Å²) in [7, 11) is -3.51. The average Bonchev–Trinajstić information content (AvgIpc) is 2.80. The predicted octanol–water partition coefficient (Wildman–Crippen LogP) is 4.78. The van der Waals surface area contributed by atoms with Gasteiger partial charge in [0.25, 0.3) is 0 Å².